The van der Waals surface area contributed by atoms with Crippen molar-refractivity contribution in [2.75, 3.05) is 32.1 Å². The van der Waals surface area contributed by atoms with Crippen LogP contribution in [0.2, 0.25) is 5.02 Å². The highest BCUT2D eigenvalue weighted by atomic mass is 35.5. The van der Waals surface area contributed by atoms with Crippen LogP contribution in [0, 0.1) is 6.92 Å². The largest absolute Gasteiger partial charge is 0.481 e. The maximum absolute atomic E-state index is 13.0. The van der Waals surface area contributed by atoms with Gasteiger partial charge in [-0.3, -0.25) is 14.6 Å². The Labute approximate surface area is 264 Å². The van der Waals surface area contributed by atoms with Gasteiger partial charge in [0, 0.05) is 72.6 Å². The van der Waals surface area contributed by atoms with Crippen LogP contribution in [0.3, 0.4) is 0 Å². The zero-order valence-electron chi connectivity index (χ0n) is 24.4. The number of rotatable bonds is 13. The number of aromatic nitrogens is 3. The predicted molar refractivity (Wildman–Crippen MR) is 171 cm³/mol. The normalized spacial score (nSPS) is 14.5. The standard InChI is InChI=1S/C31H34ClN7O4S/c1-18-22(4-3-5-24(18)38-29(42)31-37-21(17-44-31)16-33-12-13-40)28-27(32)23(10-11-35-28)25-8-6-19(30(39-25)43-2)14-34-15-20-7-9-26(41)36-20/h3-6,8,10-11,17,20,33-34,40H,7,9,12-16H2,1-2H3,(H,36,41)(H,38,42). The summed E-state index contributed by atoms with van der Waals surface area (Å²) < 4.78 is 5.60. The molecule has 1 aliphatic heterocycles. The number of nitrogens with one attached hydrogen (secondary N) is 4. The van der Waals surface area contributed by atoms with E-state index in [-0.39, 0.29) is 24.5 Å². The molecule has 5 rings (SSSR count). The molecule has 3 aromatic heterocycles. The predicted octanol–water partition coefficient (Wildman–Crippen LogP) is 3.94. The van der Waals surface area contributed by atoms with E-state index in [2.05, 4.69) is 31.2 Å². The number of halogens is 1. The van der Waals surface area contributed by atoms with E-state index in [0.29, 0.717) is 71.1 Å². The first kappa shape index (κ1) is 31.5. The lowest BCUT2D eigenvalue weighted by Crippen LogP contribution is -2.35. The van der Waals surface area contributed by atoms with Crippen LogP contribution < -0.4 is 26.0 Å². The molecule has 0 bridgehead atoms. The summed E-state index contributed by atoms with van der Waals surface area (Å²) in [6.45, 7) is 4.08. The Kier molecular flexibility index (Phi) is 10.5. The number of hydrogen-bond donors (Lipinski definition) is 5. The summed E-state index contributed by atoms with van der Waals surface area (Å²) in [7, 11) is 1.58. The van der Waals surface area contributed by atoms with Crippen LogP contribution in [0.5, 0.6) is 5.88 Å². The molecule has 44 heavy (non-hydrogen) atoms. The molecule has 4 heterocycles. The van der Waals surface area contributed by atoms with Gasteiger partial charge in [0.2, 0.25) is 11.8 Å². The average Bonchev–Trinajstić information content (AvgIpc) is 3.68. The van der Waals surface area contributed by atoms with Gasteiger partial charge in [-0.1, -0.05) is 29.8 Å². The summed E-state index contributed by atoms with van der Waals surface area (Å²) in [6, 6.07) is 11.4. The van der Waals surface area contributed by atoms with Gasteiger partial charge in [-0.15, -0.1) is 11.3 Å². The van der Waals surface area contributed by atoms with Crippen LogP contribution in [0.1, 0.15) is 39.5 Å². The number of nitrogens with zero attached hydrogens (tertiary/aromatic N) is 3. The molecule has 1 unspecified atom stereocenters. The molecule has 0 radical (unpaired) electrons. The summed E-state index contributed by atoms with van der Waals surface area (Å²) >= 11 is 8.22. The number of thiazole rings is 1. The zero-order chi connectivity index (χ0) is 31.1. The van der Waals surface area contributed by atoms with Crippen LogP contribution in [-0.2, 0) is 17.9 Å². The fourth-order valence-corrected chi connectivity index (χ4v) is 5.98. The second-order valence-electron chi connectivity index (χ2n) is 10.3. The van der Waals surface area contributed by atoms with Crippen molar-refractivity contribution in [3.8, 4) is 28.4 Å². The van der Waals surface area contributed by atoms with E-state index >= 15 is 0 Å². The Balaban J connectivity index is 1.32. The Morgan fingerprint density at radius 1 is 1.16 bits per heavy atom. The second kappa shape index (κ2) is 14.7. The molecule has 13 heteroatoms. The van der Waals surface area contributed by atoms with Crippen molar-refractivity contribution in [3.63, 3.8) is 0 Å². The van der Waals surface area contributed by atoms with Crippen molar-refractivity contribution in [1.29, 1.82) is 0 Å². The minimum absolute atomic E-state index is 0.0354. The fourth-order valence-electron chi connectivity index (χ4n) is 4.96. The van der Waals surface area contributed by atoms with Gasteiger partial charge in [-0.25, -0.2) is 9.97 Å². The van der Waals surface area contributed by atoms with Crippen LogP contribution >= 0.6 is 22.9 Å². The number of carbonyl (C=O) groups excluding carboxylic acids is 2. The highest BCUT2D eigenvalue weighted by Gasteiger charge is 2.21. The number of aliphatic hydroxyl groups is 1. The van der Waals surface area contributed by atoms with Gasteiger partial charge in [-0.05, 0) is 37.1 Å². The van der Waals surface area contributed by atoms with Crippen LogP contribution in [-0.4, -0.2) is 64.7 Å². The number of carbonyl (C=O) groups is 2. The molecule has 5 N–H and O–H groups in total. The third-order valence-electron chi connectivity index (χ3n) is 7.27. The Bertz CT molecular complexity index is 1650. The van der Waals surface area contributed by atoms with Crippen LogP contribution in [0.25, 0.3) is 22.5 Å². The first-order valence-corrected chi connectivity index (χ1v) is 15.5. The number of pyridine rings is 2. The third kappa shape index (κ3) is 7.40. The van der Waals surface area contributed by atoms with Gasteiger partial charge in [-0.2, -0.15) is 0 Å². The maximum Gasteiger partial charge on any atom is 0.284 e. The topological polar surface area (TPSA) is 150 Å². The number of hydrogen-bond acceptors (Lipinski definition) is 10. The van der Waals surface area contributed by atoms with Crippen LogP contribution in [0.4, 0.5) is 5.69 Å². The van der Waals surface area contributed by atoms with Gasteiger partial charge >= 0.3 is 0 Å². The molecule has 0 saturated carbocycles. The zero-order valence-corrected chi connectivity index (χ0v) is 26.0. The molecule has 1 aromatic carbocycles. The number of anilines is 1. The highest BCUT2D eigenvalue weighted by molar-refractivity contribution is 7.11. The molecule has 230 valence electrons. The van der Waals surface area contributed by atoms with E-state index in [9.17, 15) is 9.59 Å². The lowest BCUT2D eigenvalue weighted by Gasteiger charge is -2.15. The minimum Gasteiger partial charge on any atom is -0.481 e. The molecule has 4 aromatic rings. The first-order valence-electron chi connectivity index (χ1n) is 14.2. The molecule has 11 nitrogen and oxygen atoms in total. The Hall–Kier alpha value is -3.94. The minimum atomic E-state index is -0.310. The lowest BCUT2D eigenvalue weighted by atomic mass is 10.0. The molecular formula is C31H34ClN7O4S. The van der Waals surface area contributed by atoms with E-state index in [1.807, 2.05) is 48.7 Å². The molecular weight excluding hydrogens is 602 g/mol. The Morgan fingerprint density at radius 2 is 2.02 bits per heavy atom. The van der Waals surface area contributed by atoms with E-state index in [4.69, 9.17) is 26.4 Å². The molecule has 1 saturated heterocycles. The lowest BCUT2D eigenvalue weighted by molar-refractivity contribution is -0.119. The van der Waals surface area contributed by atoms with Crippen molar-refractivity contribution in [3.05, 3.63) is 74.8 Å². The van der Waals surface area contributed by atoms with Gasteiger partial charge in [0.05, 0.1) is 35.8 Å². The third-order valence-corrected chi connectivity index (χ3v) is 8.54. The molecule has 0 aliphatic carbocycles. The summed E-state index contributed by atoms with van der Waals surface area (Å²) in [6.07, 6.45) is 3.08. The van der Waals surface area contributed by atoms with E-state index in [1.165, 1.54) is 11.3 Å². The van der Waals surface area contributed by atoms with Crippen LogP contribution in [0.15, 0.2) is 48.0 Å². The number of aliphatic hydroxyl groups excluding tert-OH is 1. The molecule has 1 fully saturated rings. The second-order valence-corrected chi connectivity index (χ2v) is 11.5. The number of benzene rings is 1. The molecule has 0 spiro atoms. The van der Waals surface area contributed by atoms with Gasteiger partial charge in [0.1, 0.15) is 0 Å². The quantitative estimate of drug-likeness (QED) is 0.138. The van der Waals surface area contributed by atoms with E-state index in [0.717, 1.165) is 28.8 Å². The number of ether oxygens (including phenoxy) is 1. The SMILES string of the molecule is COc1nc(-c2ccnc(-c3cccc(NC(=O)c4nc(CNCCO)cs4)c3C)c2Cl)ccc1CNCC1CCC(=O)N1. The summed E-state index contributed by atoms with van der Waals surface area (Å²) in [5.41, 5.74) is 5.72. The van der Waals surface area contributed by atoms with Crippen molar-refractivity contribution in [2.45, 2.75) is 38.9 Å². The first-order chi connectivity index (χ1) is 21.4. The van der Waals surface area contributed by atoms with Crippen molar-refractivity contribution < 1.29 is 19.4 Å². The maximum atomic E-state index is 13.0. The highest BCUT2D eigenvalue weighted by Crippen LogP contribution is 2.38. The van der Waals surface area contributed by atoms with Gasteiger partial charge in [0.15, 0.2) is 5.01 Å². The number of amides is 2. The van der Waals surface area contributed by atoms with Crippen molar-refractivity contribution in [1.82, 2.24) is 30.9 Å². The van der Waals surface area contributed by atoms with Crippen molar-refractivity contribution >= 4 is 40.4 Å². The van der Waals surface area contributed by atoms with E-state index < -0.39 is 0 Å². The molecule has 1 atom stereocenters. The van der Waals surface area contributed by atoms with E-state index in [1.54, 1.807) is 13.3 Å². The van der Waals surface area contributed by atoms with Gasteiger partial charge in [0.25, 0.3) is 5.91 Å². The monoisotopic (exact) mass is 635 g/mol. The smallest absolute Gasteiger partial charge is 0.284 e. The molecule has 1 aliphatic rings. The van der Waals surface area contributed by atoms with Crippen molar-refractivity contribution in [2.24, 2.45) is 0 Å². The number of methoxy groups -OCH3 is 1. The summed E-state index contributed by atoms with van der Waals surface area (Å²) in [5, 5.41) is 23.9. The van der Waals surface area contributed by atoms with Gasteiger partial charge < -0.3 is 31.1 Å². The summed E-state index contributed by atoms with van der Waals surface area (Å²) in [4.78, 5) is 38.2. The Morgan fingerprint density at radius 3 is 2.80 bits per heavy atom. The average molecular weight is 636 g/mol. The fraction of sp³-hybridized carbons (Fsp3) is 0.323. The summed E-state index contributed by atoms with van der Waals surface area (Å²) in [5.74, 6) is 0.264. The molecule has 2 amide bonds.